The zero-order valence-corrected chi connectivity index (χ0v) is 11.7. The van der Waals surface area contributed by atoms with E-state index in [1.165, 1.54) is 0 Å². The van der Waals surface area contributed by atoms with Crippen LogP contribution in [0.15, 0.2) is 0 Å². The van der Waals surface area contributed by atoms with Crippen LogP contribution in [-0.4, -0.2) is 54.3 Å². The van der Waals surface area contributed by atoms with Gasteiger partial charge in [-0.25, -0.2) is 0 Å². The van der Waals surface area contributed by atoms with Gasteiger partial charge in [0.1, 0.15) is 0 Å². The maximum atomic E-state index is 11.6. The Morgan fingerprint density at radius 3 is 2.53 bits per heavy atom. The molecule has 1 aliphatic heterocycles. The van der Waals surface area contributed by atoms with Gasteiger partial charge in [-0.15, -0.1) is 0 Å². The van der Waals surface area contributed by atoms with Crippen LogP contribution in [0.25, 0.3) is 0 Å². The second-order valence-corrected chi connectivity index (χ2v) is 6.77. The third-order valence-electron chi connectivity index (χ3n) is 2.53. The normalized spacial score (nSPS) is 22.9. The number of alkyl halides is 1. The van der Waals surface area contributed by atoms with E-state index in [1.807, 2.05) is 4.90 Å². The predicted molar refractivity (Wildman–Crippen MR) is 66.2 cm³/mol. The van der Waals surface area contributed by atoms with Gasteiger partial charge in [0.25, 0.3) is 0 Å². The lowest BCUT2D eigenvalue weighted by molar-refractivity contribution is -0.129. The molecule has 0 saturated carbocycles. The number of carbonyl (C=O) groups excluding carboxylic acids is 1. The molecular formula is C11H21BrN2O. The van der Waals surface area contributed by atoms with Gasteiger partial charge in [-0.3, -0.25) is 4.79 Å². The third kappa shape index (κ3) is 4.11. The Morgan fingerprint density at radius 2 is 2.13 bits per heavy atom. The van der Waals surface area contributed by atoms with Crippen LogP contribution in [0.5, 0.6) is 0 Å². The zero-order valence-electron chi connectivity index (χ0n) is 10.1. The van der Waals surface area contributed by atoms with E-state index < -0.39 is 0 Å². The summed E-state index contributed by atoms with van der Waals surface area (Å²) in [4.78, 5) is 16.1. The van der Waals surface area contributed by atoms with Gasteiger partial charge in [0.05, 0.1) is 0 Å². The lowest BCUT2D eigenvalue weighted by atomic mass is 9.92. The monoisotopic (exact) mass is 276 g/mol. The van der Waals surface area contributed by atoms with Crippen molar-refractivity contribution in [2.24, 2.45) is 5.41 Å². The average Bonchev–Trinajstić information content (AvgIpc) is 2.25. The SMILES string of the molecule is CN(C)CC(C)(C)CN1CC(Br)CC1=O. The van der Waals surface area contributed by atoms with Crippen molar-refractivity contribution in [3.8, 4) is 0 Å². The summed E-state index contributed by atoms with van der Waals surface area (Å²) in [5, 5.41) is 0. The van der Waals surface area contributed by atoms with Crippen molar-refractivity contribution in [1.82, 2.24) is 9.80 Å². The molecule has 1 unspecified atom stereocenters. The van der Waals surface area contributed by atoms with E-state index in [2.05, 4.69) is 48.8 Å². The van der Waals surface area contributed by atoms with E-state index in [9.17, 15) is 4.79 Å². The zero-order chi connectivity index (χ0) is 11.6. The van der Waals surface area contributed by atoms with E-state index in [-0.39, 0.29) is 11.3 Å². The topological polar surface area (TPSA) is 23.6 Å². The van der Waals surface area contributed by atoms with Crippen molar-refractivity contribution in [1.29, 1.82) is 0 Å². The highest BCUT2D eigenvalue weighted by atomic mass is 79.9. The molecule has 0 aromatic heterocycles. The second-order valence-electron chi connectivity index (χ2n) is 5.48. The summed E-state index contributed by atoms with van der Waals surface area (Å²) in [7, 11) is 4.14. The minimum atomic E-state index is 0.163. The molecule has 1 atom stereocenters. The van der Waals surface area contributed by atoms with Gasteiger partial charge in [-0.05, 0) is 19.5 Å². The first kappa shape index (κ1) is 13.0. The van der Waals surface area contributed by atoms with Gasteiger partial charge in [-0.2, -0.15) is 0 Å². The molecule has 0 aliphatic carbocycles. The molecule has 1 saturated heterocycles. The van der Waals surface area contributed by atoms with E-state index >= 15 is 0 Å². The second kappa shape index (κ2) is 4.83. The average molecular weight is 277 g/mol. The van der Waals surface area contributed by atoms with Gasteiger partial charge >= 0.3 is 0 Å². The molecule has 0 aromatic rings. The van der Waals surface area contributed by atoms with Gasteiger partial charge in [0, 0.05) is 30.9 Å². The van der Waals surface area contributed by atoms with Crippen LogP contribution in [0, 0.1) is 5.41 Å². The number of nitrogens with zero attached hydrogens (tertiary/aromatic N) is 2. The summed E-state index contributed by atoms with van der Waals surface area (Å²) in [5.41, 5.74) is 0.163. The summed E-state index contributed by atoms with van der Waals surface area (Å²) in [5.74, 6) is 0.281. The van der Waals surface area contributed by atoms with E-state index in [1.54, 1.807) is 0 Å². The van der Waals surface area contributed by atoms with Crippen LogP contribution in [0.3, 0.4) is 0 Å². The maximum Gasteiger partial charge on any atom is 0.223 e. The molecular weight excluding hydrogens is 256 g/mol. The third-order valence-corrected chi connectivity index (χ3v) is 3.14. The van der Waals surface area contributed by atoms with Crippen molar-refractivity contribution in [2.75, 3.05) is 33.7 Å². The number of halogens is 1. The number of carbonyl (C=O) groups is 1. The molecule has 0 radical (unpaired) electrons. The number of amides is 1. The van der Waals surface area contributed by atoms with Crippen molar-refractivity contribution in [3.05, 3.63) is 0 Å². The molecule has 1 amide bonds. The molecule has 88 valence electrons. The number of hydrogen-bond acceptors (Lipinski definition) is 2. The Hall–Kier alpha value is -0.0900. The summed E-state index contributed by atoms with van der Waals surface area (Å²) in [6.45, 7) is 7.13. The van der Waals surface area contributed by atoms with Crippen molar-refractivity contribution in [3.63, 3.8) is 0 Å². The quantitative estimate of drug-likeness (QED) is 0.728. The minimum absolute atomic E-state index is 0.163. The fourth-order valence-corrected chi connectivity index (χ4v) is 2.93. The van der Waals surface area contributed by atoms with Gasteiger partial charge < -0.3 is 9.80 Å². The summed E-state index contributed by atoms with van der Waals surface area (Å²) in [6.07, 6.45) is 0.651. The number of likely N-dealkylation sites (tertiary alicyclic amines) is 1. The highest BCUT2D eigenvalue weighted by Crippen LogP contribution is 2.24. The molecule has 1 rings (SSSR count). The van der Waals surface area contributed by atoms with Gasteiger partial charge in [0.15, 0.2) is 0 Å². The van der Waals surface area contributed by atoms with Crippen molar-refractivity contribution in [2.45, 2.75) is 25.1 Å². The molecule has 15 heavy (non-hydrogen) atoms. The fraction of sp³-hybridized carbons (Fsp3) is 0.909. The smallest absolute Gasteiger partial charge is 0.223 e. The largest absolute Gasteiger partial charge is 0.341 e. The molecule has 0 N–H and O–H groups in total. The first-order valence-corrected chi connectivity index (χ1v) is 6.28. The van der Waals surface area contributed by atoms with E-state index in [0.717, 1.165) is 19.6 Å². The van der Waals surface area contributed by atoms with Crippen LogP contribution in [0.1, 0.15) is 20.3 Å². The highest BCUT2D eigenvalue weighted by molar-refractivity contribution is 9.09. The lowest BCUT2D eigenvalue weighted by Crippen LogP contribution is -2.40. The highest BCUT2D eigenvalue weighted by Gasteiger charge is 2.32. The van der Waals surface area contributed by atoms with Crippen LogP contribution in [-0.2, 0) is 4.79 Å². The Labute approximate surface area is 101 Å². The first-order valence-electron chi connectivity index (χ1n) is 5.37. The van der Waals surface area contributed by atoms with Crippen molar-refractivity contribution >= 4 is 21.8 Å². The molecule has 4 heteroatoms. The number of hydrogen-bond donors (Lipinski definition) is 0. The maximum absolute atomic E-state index is 11.6. The molecule has 0 aromatic carbocycles. The van der Waals surface area contributed by atoms with E-state index in [4.69, 9.17) is 0 Å². The number of rotatable bonds is 4. The van der Waals surface area contributed by atoms with Gasteiger partial charge in [0.2, 0.25) is 5.91 Å². The lowest BCUT2D eigenvalue weighted by Gasteiger charge is -2.32. The van der Waals surface area contributed by atoms with E-state index in [0.29, 0.717) is 11.2 Å². The van der Waals surface area contributed by atoms with Crippen LogP contribution in [0.2, 0.25) is 0 Å². The predicted octanol–water partition coefficient (Wildman–Crippen LogP) is 1.57. The van der Waals surface area contributed by atoms with Crippen LogP contribution >= 0.6 is 15.9 Å². The van der Waals surface area contributed by atoms with Crippen LogP contribution < -0.4 is 0 Å². The molecule has 1 heterocycles. The van der Waals surface area contributed by atoms with Crippen LogP contribution in [0.4, 0.5) is 0 Å². The summed E-state index contributed by atoms with van der Waals surface area (Å²) in [6, 6.07) is 0. The Balaban J connectivity index is 2.50. The standard InChI is InChI=1S/C11H21BrN2O/c1-11(2,7-13(3)4)8-14-6-9(12)5-10(14)15/h9H,5-8H2,1-4H3. The Bertz CT molecular complexity index is 241. The first-order chi connectivity index (χ1) is 6.80. The molecule has 1 aliphatic rings. The van der Waals surface area contributed by atoms with Crippen molar-refractivity contribution < 1.29 is 4.79 Å². The summed E-state index contributed by atoms with van der Waals surface area (Å²) < 4.78 is 0. The Kier molecular flexibility index (Phi) is 4.18. The minimum Gasteiger partial charge on any atom is -0.341 e. The fourth-order valence-electron chi connectivity index (χ4n) is 2.30. The summed E-state index contributed by atoms with van der Waals surface area (Å²) >= 11 is 3.50. The molecule has 0 bridgehead atoms. The van der Waals surface area contributed by atoms with Gasteiger partial charge in [-0.1, -0.05) is 29.8 Å². The molecule has 1 fully saturated rings. The Morgan fingerprint density at radius 1 is 1.53 bits per heavy atom. The molecule has 0 spiro atoms. The molecule has 3 nitrogen and oxygen atoms in total.